The highest BCUT2D eigenvalue weighted by Gasteiger charge is 2.18. The number of benzene rings is 1. The van der Waals surface area contributed by atoms with Crippen molar-refractivity contribution in [2.75, 3.05) is 13.1 Å². The number of rotatable bonds is 7. The summed E-state index contributed by atoms with van der Waals surface area (Å²) in [5, 5.41) is 3.05. The van der Waals surface area contributed by atoms with E-state index >= 15 is 0 Å². The van der Waals surface area contributed by atoms with Crippen molar-refractivity contribution in [1.29, 1.82) is 0 Å². The zero-order valence-electron chi connectivity index (χ0n) is 13.1. The molecular formula is C17H28N2O. The molecule has 0 aliphatic rings. The summed E-state index contributed by atoms with van der Waals surface area (Å²) in [5.74, 6) is 1.66. The fraction of sp³-hybridized carbons (Fsp3) is 0.588. The van der Waals surface area contributed by atoms with Gasteiger partial charge in [0.15, 0.2) is 0 Å². The number of amides is 1. The maximum absolute atomic E-state index is 12.1. The molecule has 0 bridgehead atoms. The van der Waals surface area contributed by atoms with Crippen LogP contribution in [0.1, 0.15) is 43.6 Å². The van der Waals surface area contributed by atoms with E-state index in [0.29, 0.717) is 24.3 Å². The summed E-state index contributed by atoms with van der Waals surface area (Å²) < 4.78 is 0. The monoisotopic (exact) mass is 276 g/mol. The lowest BCUT2D eigenvalue weighted by molar-refractivity contribution is 0.0937. The van der Waals surface area contributed by atoms with E-state index in [1.807, 2.05) is 24.3 Å². The third-order valence-corrected chi connectivity index (χ3v) is 3.86. The number of carbonyl (C=O) groups is 1. The van der Waals surface area contributed by atoms with Crippen LogP contribution in [0.4, 0.5) is 0 Å². The average Bonchev–Trinajstić information content (AvgIpc) is 2.39. The van der Waals surface area contributed by atoms with Crippen LogP contribution in [0.15, 0.2) is 24.3 Å². The van der Waals surface area contributed by atoms with E-state index in [9.17, 15) is 4.79 Å². The number of nitrogens with two attached hydrogens (primary N) is 1. The first-order chi connectivity index (χ1) is 9.45. The van der Waals surface area contributed by atoms with Gasteiger partial charge in [0.05, 0.1) is 0 Å². The minimum atomic E-state index is 0.00981. The number of nitrogens with one attached hydrogen (secondary N) is 1. The molecule has 112 valence electrons. The maximum Gasteiger partial charge on any atom is 0.251 e. The molecular weight excluding hydrogens is 248 g/mol. The molecule has 0 atom stereocenters. The van der Waals surface area contributed by atoms with Gasteiger partial charge >= 0.3 is 0 Å². The molecule has 1 amide bonds. The number of hydrogen-bond donors (Lipinski definition) is 2. The summed E-state index contributed by atoms with van der Waals surface area (Å²) in [5.41, 5.74) is 7.41. The zero-order chi connectivity index (χ0) is 15.1. The third kappa shape index (κ3) is 4.97. The second-order valence-corrected chi connectivity index (χ2v) is 6.10. The van der Waals surface area contributed by atoms with Gasteiger partial charge in [-0.1, -0.05) is 39.8 Å². The topological polar surface area (TPSA) is 55.1 Å². The molecule has 1 rings (SSSR count). The lowest BCUT2D eigenvalue weighted by Crippen LogP contribution is -2.33. The third-order valence-electron chi connectivity index (χ3n) is 3.86. The van der Waals surface area contributed by atoms with Gasteiger partial charge in [-0.25, -0.2) is 0 Å². The second-order valence-electron chi connectivity index (χ2n) is 6.10. The maximum atomic E-state index is 12.1. The molecule has 3 heteroatoms. The SMILES string of the molecule is CC(C)C(CNC(=O)c1ccc(CCN)cc1)C(C)C. The molecule has 0 saturated carbocycles. The van der Waals surface area contributed by atoms with Gasteiger partial charge in [0, 0.05) is 12.1 Å². The molecule has 0 spiro atoms. The van der Waals surface area contributed by atoms with Crippen molar-refractivity contribution in [3.8, 4) is 0 Å². The molecule has 1 aromatic rings. The van der Waals surface area contributed by atoms with Gasteiger partial charge in [-0.15, -0.1) is 0 Å². The van der Waals surface area contributed by atoms with Crippen LogP contribution in [-0.4, -0.2) is 19.0 Å². The Labute approximate surface area is 122 Å². The van der Waals surface area contributed by atoms with Crippen LogP contribution in [0, 0.1) is 17.8 Å². The summed E-state index contributed by atoms with van der Waals surface area (Å²) in [6.07, 6.45) is 0.852. The van der Waals surface area contributed by atoms with Crippen LogP contribution >= 0.6 is 0 Å². The Morgan fingerprint density at radius 1 is 1.10 bits per heavy atom. The van der Waals surface area contributed by atoms with Gasteiger partial charge in [-0.2, -0.15) is 0 Å². The molecule has 0 saturated heterocycles. The van der Waals surface area contributed by atoms with E-state index in [2.05, 4.69) is 33.0 Å². The molecule has 1 aromatic carbocycles. The quantitative estimate of drug-likeness (QED) is 0.804. The van der Waals surface area contributed by atoms with Crippen LogP contribution in [0.2, 0.25) is 0 Å². The smallest absolute Gasteiger partial charge is 0.251 e. The van der Waals surface area contributed by atoms with E-state index in [-0.39, 0.29) is 5.91 Å². The molecule has 0 aliphatic carbocycles. The van der Waals surface area contributed by atoms with Gasteiger partial charge in [-0.3, -0.25) is 4.79 Å². The molecule has 20 heavy (non-hydrogen) atoms. The fourth-order valence-electron chi connectivity index (χ4n) is 2.54. The summed E-state index contributed by atoms with van der Waals surface area (Å²) >= 11 is 0. The molecule has 0 fully saturated rings. The normalized spacial score (nSPS) is 11.4. The molecule has 0 heterocycles. The van der Waals surface area contributed by atoms with Crippen molar-refractivity contribution in [3.63, 3.8) is 0 Å². The van der Waals surface area contributed by atoms with Gasteiger partial charge in [0.25, 0.3) is 5.91 Å². The Hall–Kier alpha value is -1.35. The highest BCUT2D eigenvalue weighted by molar-refractivity contribution is 5.94. The van der Waals surface area contributed by atoms with Crippen molar-refractivity contribution in [2.24, 2.45) is 23.5 Å². The lowest BCUT2D eigenvalue weighted by Gasteiger charge is -2.25. The molecule has 3 nitrogen and oxygen atoms in total. The molecule has 3 N–H and O–H groups in total. The molecule has 0 aromatic heterocycles. The number of hydrogen-bond acceptors (Lipinski definition) is 2. The Bertz CT molecular complexity index is 402. The van der Waals surface area contributed by atoms with Crippen LogP contribution in [0.5, 0.6) is 0 Å². The summed E-state index contributed by atoms with van der Waals surface area (Å²) in [6, 6.07) is 7.70. The van der Waals surface area contributed by atoms with Crippen molar-refractivity contribution in [3.05, 3.63) is 35.4 Å². The van der Waals surface area contributed by atoms with Crippen LogP contribution in [0.25, 0.3) is 0 Å². The first-order valence-corrected chi connectivity index (χ1v) is 7.53. The predicted molar refractivity (Wildman–Crippen MR) is 84.7 cm³/mol. The van der Waals surface area contributed by atoms with E-state index in [1.54, 1.807) is 0 Å². The van der Waals surface area contributed by atoms with Gasteiger partial charge < -0.3 is 11.1 Å². The zero-order valence-corrected chi connectivity index (χ0v) is 13.1. The molecule has 0 radical (unpaired) electrons. The van der Waals surface area contributed by atoms with Gasteiger partial charge in [-0.05, 0) is 48.4 Å². The highest BCUT2D eigenvalue weighted by Crippen LogP contribution is 2.19. The minimum absolute atomic E-state index is 0.00981. The highest BCUT2D eigenvalue weighted by atomic mass is 16.1. The van der Waals surface area contributed by atoms with Crippen molar-refractivity contribution >= 4 is 5.91 Å². The summed E-state index contributed by atoms with van der Waals surface area (Å²) in [7, 11) is 0. The van der Waals surface area contributed by atoms with Gasteiger partial charge in [0.1, 0.15) is 0 Å². The van der Waals surface area contributed by atoms with Crippen LogP contribution in [0.3, 0.4) is 0 Å². The molecule has 0 aliphatic heterocycles. The van der Waals surface area contributed by atoms with Crippen LogP contribution in [-0.2, 0) is 6.42 Å². The lowest BCUT2D eigenvalue weighted by atomic mass is 9.85. The fourth-order valence-corrected chi connectivity index (χ4v) is 2.54. The first-order valence-electron chi connectivity index (χ1n) is 7.53. The predicted octanol–water partition coefficient (Wildman–Crippen LogP) is 2.85. The molecule has 0 unspecified atom stereocenters. The minimum Gasteiger partial charge on any atom is -0.352 e. The van der Waals surface area contributed by atoms with Crippen LogP contribution < -0.4 is 11.1 Å². The van der Waals surface area contributed by atoms with E-state index in [4.69, 9.17) is 5.73 Å². The average molecular weight is 276 g/mol. The summed E-state index contributed by atoms with van der Waals surface area (Å²) in [6.45, 7) is 10.2. The van der Waals surface area contributed by atoms with E-state index < -0.39 is 0 Å². The summed E-state index contributed by atoms with van der Waals surface area (Å²) in [4.78, 5) is 12.1. The standard InChI is InChI=1S/C17H28N2O/c1-12(2)16(13(3)4)11-19-17(20)15-7-5-14(6-8-15)9-10-18/h5-8,12-13,16H,9-11,18H2,1-4H3,(H,19,20). The Kier molecular flexibility index (Phi) is 6.73. The largest absolute Gasteiger partial charge is 0.352 e. The second kappa shape index (κ2) is 8.05. The van der Waals surface area contributed by atoms with E-state index in [1.165, 1.54) is 5.56 Å². The van der Waals surface area contributed by atoms with Crippen molar-refractivity contribution in [1.82, 2.24) is 5.32 Å². The first kappa shape index (κ1) is 16.7. The van der Waals surface area contributed by atoms with Crippen molar-refractivity contribution in [2.45, 2.75) is 34.1 Å². The Balaban J connectivity index is 2.57. The Morgan fingerprint density at radius 2 is 1.65 bits per heavy atom. The van der Waals surface area contributed by atoms with E-state index in [0.717, 1.165) is 18.5 Å². The Morgan fingerprint density at radius 3 is 2.10 bits per heavy atom. The van der Waals surface area contributed by atoms with Crippen molar-refractivity contribution < 1.29 is 4.79 Å². The number of carbonyl (C=O) groups excluding carboxylic acids is 1. The van der Waals surface area contributed by atoms with Gasteiger partial charge in [0.2, 0.25) is 0 Å².